The van der Waals surface area contributed by atoms with Gasteiger partial charge in [0.15, 0.2) is 0 Å². The van der Waals surface area contributed by atoms with Crippen LogP contribution in [-0.4, -0.2) is 0 Å². The minimum Gasteiger partial charge on any atom is -0.198 e. The van der Waals surface area contributed by atoms with Crippen molar-refractivity contribution in [2.75, 3.05) is 0 Å². The summed E-state index contributed by atoms with van der Waals surface area (Å²) >= 11 is 0. The molecule has 11 heavy (non-hydrogen) atoms. The zero-order valence-electron chi connectivity index (χ0n) is 7.52. The van der Waals surface area contributed by atoms with Crippen molar-refractivity contribution in [3.63, 3.8) is 0 Å². The van der Waals surface area contributed by atoms with E-state index in [9.17, 15) is 0 Å². The quantitative estimate of drug-likeness (QED) is 0.486. The molecule has 0 fully saturated rings. The van der Waals surface area contributed by atoms with E-state index >= 15 is 0 Å². The van der Waals surface area contributed by atoms with Crippen LogP contribution in [-0.2, 0) is 0 Å². The van der Waals surface area contributed by atoms with Crippen molar-refractivity contribution in [3.8, 4) is 6.07 Å². The molecule has 1 rings (SSSR count). The molecule has 0 amide bonds. The summed E-state index contributed by atoms with van der Waals surface area (Å²) in [7, 11) is 0. The second-order valence-corrected chi connectivity index (χ2v) is 4.04. The lowest BCUT2D eigenvalue weighted by Crippen LogP contribution is -2.21. The van der Waals surface area contributed by atoms with Gasteiger partial charge in [-0.2, -0.15) is 5.26 Å². The van der Waals surface area contributed by atoms with Gasteiger partial charge < -0.3 is 0 Å². The van der Waals surface area contributed by atoms with Crippen LogP contribution in [0, 0.1) is 22.7 Å². The average Bonchev–Trinajstić information content (AvgIpc) is 1.84. The molecule has 2 atom stereocenters. The average molecular weight is 149 g/mol. The maximum Gasteiger partial charge on any atom is 0.0690 e. The van der Waals surface area contributed by atoms with Gasteiger partial charge in [0, 0.05) is 0 Å². The van der Waals surface area contributed by atoms with Gasteiger partial charge in [0.2, 0.25) is 0 Å². The van der Waals surface area contributed by atoms with Gasteiger partial charge in [0.25, 0.3) is 0 Å². The standard InChI is InChI=1S/C10H15N/c1-8-4-9(2)6-10(3,5-8)7-11/h4,8H,5-6H2,1-3H3. The van der Waals surface area contributed by atoms with Gasteiger partial charge in [0.1, 0.15) is 0 Å². The highest BCUT2D eigenvalue weighted by Gasteiger charge is 2.29. The highest BCUT2D eigenvalue weighted by Crippen LogP contribution is 2.37. The zero-order valence-corrected chi connectivity index (χ0v) is 7.52. The Kier molecular flexibility index (Phi) is 2.04. The third-order valence-electron chi connectivity index (χ3n) is 2.28. The maximum atomic E-state index is 8.91. The molecule has 1 nitrogen and oxygen atoms in total. The molecule has 0 heterocycles. The van der Waals surface area contributed by atoms with E-state index in [1.165, 1.54) is 5.57 Å². The molecule has 2 unspecified atom stereocenters. The van der Waals surface area contributed by atoms with E-state index in [1.54, 1.807) is 0 Å². The van der Waals surface area contributed by atoms with Crippen LogP contribution >= 0.6 is 0 Å². The molecule has 0 aromatic carbocycles. The fraction of sp³-hybridized carbons (Fsp3) is 0.700. The lowest BCUT2D eigenvalue weighted by atomic mass is 9.73. The summed E-state index contributed by atoms with van der Waals surface area (Å²) in [4.78, 5) is 0. The Hall–Kier alpha value is -0.770. The van der Waals surface area contributed by atoms with E-state index in [1.807, 2.05) is 0 Å². The van der Waals surface area contributed by atoms with Gasteiger partial charge >= 0.3 is 0 Å². The first-order chi connectivity index (χ1) is 5.06. The minimum absolute atomic E-state index is 0.0990. The number of rotatable bonds is 0. The van der Waals surface area contributed by atoms with Crippen LogP contribution in [0.5, 0.6) is 0 Å². The van der Waals surface area contributed by atoms with E-state index in [0.29, 0.717) is 5.92 Å². The summed E-state index contributed by atoms with van der Waals surface area (Å²) in [5.41, 5.74) is 1.27. The van der Waals surface area contributed by atoms with Crippen LogP contribution in [0.4, 0.5) is 0 Å². The summed E-state index contributed by atoms with van der Waals surface area (Å²) in [5, 5.41) is 8.91. The number of allylic oxidation sites excluding steroid dienone is 2. The highest BCUT2D eigenvalue weighted by molar-refractivity contribution is 5.15. The number of nitrogens with zero attached hydrogens (tertiary/aromatic N) is 1. The van der Waals surface area contributed by atoms with Crippen LogP contribution in [0.1, 0.15) is 33.6 Å². The largest absolute Gasteiger partial charge is 0.198 e. The molecule has 0 saturated carbocycles. The van der Waals surface area contributed by atoms with Crippen LogP contribution in [0.25, 0.3) is 0 Å². The van der Waals surface area contributed by atoms with Crippen molar-refractivity contribution >= 4 is 0 Å². The number of nitriles is 1. The predicted molar refractivity (Wildman–Crippen MR) is 45.9 cm³/mol. The third-order valence-corrected chi connectivity index (χ3v) is 2.28. The SMILES string of the molecule is CC1=CC(C)CC(C)(C#N)C1. The Bertz CT molecular complexity index is 222. The third kappa shape index (κ3) is 1.83. The second kappa shape index (κ2) is 2.70. The molecule has 0 radical (unpaired) electrons. The Morgan fingerprint density at radius 2 is 2.36 bits per heavy atom. The van der Waals surface area contributed by atoms with E-state index in [4.69, 9.17) is 5.26 Å². The molecule has 0 aliphatic heterocycles. The molecule has 0 aromatic heterocycles. The van der Waals surface area contributed by atoms with Crippen molar-refractivity contribution in [2.24, 2.45) is 11.3 Å². The lowest BCUT2D eigenvalue weighted by Gasteiger charge is -2.29. The summed E-state index contributed by atoms with van der Waals surface area (Å²) in [6, 6.07) is 2.40. The summed E-state index contributed by atoms with van der Waals surface area (Å²) in [5.74, 6) is 0.577. The number of hydrogen-bond donors (Lipinski definition) is 0. The topological polar surface area (TPSA) is 23.8 Å². The predicted octanol–water partition coefficient (Wildman–Crippen LogP) is 2.89. The van der Waals surface area contributed by atoms with Crippen molar-refractivity contribution in [3.05, 3.63) is 11.6 Å². The van der Waals surface area contributed by atoms with Crippen molar-refractivity contribution < 1.29 is 0 Å². The smallest absolute Gasteiger partial charge is 0.0690 e. The summed E-state index contributed by atoms with van der Waals surface area (Å²) in [6.45, 7) is 6.35. The van der Waals surface area contributed by atoms with Gasteiger partial charge in [-0.3, -0.25) is 0 Å². The van der Waals surface area contributed by atoms with E-state index in [-0.39, 0.29) is 5.41 Å². The molecule has 1 aliphatic carbocycles. The number of hydrogen-bond acceptors (Lipinski definition) is 1. The van der Waals surface area contributed by atoms with Crippen LogP contribution in [0.2, 0.25) is 0 Å². The monoisotopic (exact) mass is 149 g/mol. The van der Waals surface area contributed by atoms with Gasteiger partial charge in [-0.25, -0.2) is 0 Å². The van der Waals surface area contributed by atoms with Crippen molar-refractivity contribution in [2.45, 2.75) is 33.6 Å². The van der Waals surface area contributed by atoms with Crippen LogP contribution in [0.15, 0.2) is 11.6 Å². The van der Waals surface area contributed by atoms with Gasteiger partial charge in [-0.05, 0) is 32.6 Å². The van der Waals surface area contributed by atoms with Gasteiger partial charge in [-0.1, -0.05) is 18.6 Å². The van der Waals surface area contributed by atoms with Crippen LogP contribution < -0.4 is 0 Å². The maximum absolute atomic E-state index is 8.91. The molecule has 0 bridgehead atoms. The highest BCUT2D eigenvalue weighted by atomic mass is 14.4. The van der Waals surface area contributed by atoms with Crippen LogP contribution in [0.3, 0.4) is 0 Å². The van der Waals surface area contributed by atoms with E-state index < -0.39 is 0 Å². The Morgan fingerprint density at radius 1 is 1.73 bits per heavy atom. The van der Waals surface area contributed by atoms with Gasteiger partial charge in [-0.15, -0.1) is 0 Å². The normalized spacial score (nSPS) is 37.6. The molecule has 60 valence electrons. The molecule has 1 aliphatic rings. The lowest BCUT2D eigenvalue weighted by molar-refractivity contribution is 0.336. The molecular formula is C10H15N. The molecule has 0 saturated heterocycles. The summed E-state index contributed by atoms with van der Waals surface area (Å²) < 4.78 is 0. The van der Waals surface area contributed by atoms with E-state index in [0.717, 1.165) is 12.8 Å². The zero-order chi connectivity index (χ0) is 8.48. The minimum atomic E-state index is -0.0990. The van der Waals surface area contributed by atoms with Gasteiger partial charge in [0.05, 0.1) is 11.5 Å². The molecular weight excluding hydrogens is 134 g/mol. The Morgan fingerprint density at radius 3 is 2.82 bits per heavy atom. The summed E-state index contributed by atoms with van der Waals surface area (Å²) in [6.07, 6.45) is 4.24. The fourth-order valence-electron chi connectivity index (χ4n) is 2.09. The van der Waals surface area contributed by atoms with Crippen molar-refractivity contribution in [1.82, 2.24) is 0 Å². The van der Waals surface area contributed by atoms with Crippen molar-refractivity contribution in [1.29, 1.82) is 5.26 Å². The first-order valence-corrected chi connectivity index (χ1v) is 4.14. The van der Waals surface area contributed by atoms with E-state index in [2.05, 4.69) is 32.9 Å². The fourth-order valence-corrected chi connectivity index (χ4v) is 2.09. The Balaban J connectivity index is 2.81. The molecule has 0 aromatic rings. The first-order valence-electron chi connectivity index (χ1n) is 4.14. The molecule has 0 spiro atoms. The molecule has 0 N–H and O–H groups in total. The first kappa shape index (κ1) is 8.33. The second-order valence-electron chi connectivity index (χ2n) is 4.04. The molecule has 1 heteroatoms. The Labute approximate surface area is 68.7 Å².